The molecule has 1 amide bonds. The van der Waals surface area contributed by atoms with Crippen LogP contribution < -0.4 is 5.32 Å². The highest BCUT2D eigenvalue weighted by molar-refractivity contribution is 7.15. The van der Waals surface area contributed by atoms with Gasteiger partial charge in [-0.25, -0.2) is 17.7 Å². The smallest absolute Gasteiger partial charge is 0.257 e. The van der Waals surface area contributed by atoms with E-state index in [1.165, 1.54) is 29.5 Å². The average Bonchev–Trinajstić information content (AvgIpc) is 3.24. The van der Waals surface area contributed by atoms with Gasteiger partial charge in [-0.15, -0.1) is 16.4 Å². The Hall–Kier alpha value is -3.20. The summed E-state index contributed by atoms with van der Waals surface area (Å²) in [7, 11) is 0. The van der Waals surface area contributed by atoms with Gasteiger partial charge in [0.1, 0.15) is 23.0 Å². The van der Waals surface area contributed by atoms with E-state index in [9.17, 15) is 18.0 Å². The quantitative estimate of drug-likeness (QED) is 0.552. The Morgan fingerprint density at radius 1 is 1.07 bits per heavy atom. The lowest BCUT2D eigenvalue weighted by Crippen LogP contribution is -2.27. The lowest BCUT2D eigenvalue weighted by atomic mass is 10.2. The van der Waals surface area contributed by atoms with Crippen LogP contribution in [0.3, 0.4) is 0 Å². The van der Waals surface area contributed by atoms with Crippen molar-refractivity contribution in [3.63, 3.8) is 0 Å². The fourth-order valence-corrected chi connectivity index (χ4v) is 3.58. The van der Waals surface area contributed by atoms with Gasteiger partial charge in [0.15, 0.2) is 5.82 Å². The molecule has 2 heterocycles. The van der Waals surface area contributed by atoms with Gasteiger partial charge in [-0.05, 0) is 36.4 Å². The summed E-state index contributed by atoms with van der Waals surface area (Å²) in [5, 5.41) is 8.78. The molecule has 0 aliphatic rings. The third kappa shape index (κ3) is 3.48. The summed E-state index contributed by atoms with van der Waals surface area (Å²) >= 11 is 1.38. The summed E-state index contributed by atoms with van der Waals surface area (Å²) in [6, 6.07) is 9.13. The molecule has 0 unspecified atom stereocenters. The molecule has 4 rings (SSSR count). The summed E-state index contributed by atoms with van der Waals surface area (Å²) in [5.41, 5.74) is 0.874. The van der Waals surface area contributed by atoms with Crippen molar-refractivity contribution in [3.05, 3.63) is 76.6 Å². The number of amides is 1. The van der Waals surface area contributed by atoms with Crippen molar-refractivity contribution < 1.29 is 18.0 Å². The Balaban J connectivity index is 1.47. The molecule has 5 nitrogen and oxygen atoms in total. The average molecular weight is 402 g/mol. The van der Waals surface area contributed by atoms with Gasteiger partial charge in [0, 0.05) is 23.9 Å². The second-order valence-electron chi connectivity index (χ2n) is 5.97. The zero-order chi connectivity index (χ0) is 19.7. The van der Waals surface area contributed by atoms with Gasteiger partial charge in [-0.1, -0.05) is 6.07 Å². The molecule has 0 saturated heterocycles. The molecule has 0 saturated carbocycles. The third-order valence-electron chi connectivity index (χ3n) is 4.11. The highest BCUT2D eigenvalue weighted by Crippen LogP contribution is 2.21. The van der Waals surface area contributed by atoms with Gasteiger partial charge in [0.25, 0.3) is 5.91 Å². The standard InChI is InChI=1S/C19H13F3N4OS/c20-12-6-4-11(5-7-12)17-24-19-26(25-17)13(10-28-19)8-9-23-18(27)16-14(21)2-1-3-15(16)22/h1-7,10H,8-9H2,(H,23,27). The van der Waals surface area contributed by atoms with Crippen molar-refractivity contribution in [2.45, 2.75) is 6.42 Å². The van der Waals surface area contributed by atoms with Crippen molar-refractivity contribution in [1.82, 2.24) is 19.9 Å². The monoisotopic (exact) mass is 402 g/mol. The number of nitrogens with one attached hydrogen (secondary N) is 1. The van der Waals surface area contributed by atoms with E-state index in [4.69, 9.17) is 0 Å². The van der Waals surface area contributed by atoms with Crippen LogP contribution in [0.4, 0.5) is 13.2 Å². The van der Waals surface area contributed by atoms with Gasteiger partial charge in [-0.2, -0.15) is 4.98 Å². The molecule has 2 aromatic carbocycles. The number of thiazole rings is 1. The highest BCUT2D eigenvalue weighted by atomic mass is 32.1. The predicted octanol–water partition coefficient (Wildman–Crippen LogP) is 3.85. The Labute approximate surface area is 161 Å². The van der Waals surface area contributed by atoms with E-state index in [0.717, 1.165) is 17.8 Å². The molecule has 0 aliphatic carbocycles. The number of halogens is 3. The molecule has 0 spiro atoms. The maximum Gasteiger partial charge on any atom is 0.257 e. The number of fused-ring (bicyclic) bond motifs is 1. The number of aromatic nitrogens is 3. The fourth-order valence-electron chi connectivity index (χ4n) is 2.73. The number of carbonyl (C=O) groups is 1. The number of hydrogen-bond donors (Lipinski definition) is 1. The molecule has 0 bridgehead atoms. The van der Waals surface area contributed by atoms with Gasteiger partial charge in [-0.3, -0.25) is 4.79 Å². The van der Waals surface area contributed by atoms with Crippen LogP contribution >= 0.6 is 11.3 Å². The highest BCUT2D eigenvalue weighted by Gasteiger charge is 2.17. The maximum atomic E-state index is 13.7. The van der Waals surface area contributed by atoms with Crippen molar-refractivity contribution in [3.8, 4) is 11.4 Å². The SMILES string of the molecule is O=C(NCCc1csc2nc(-c3ccc(F)cc3)nn12)c1c(F)cccc1F. The van der Waals surface area contributed by atoms with Gasteiger partial charge in [0.05, 0.1) is 5.69 Å². The molecule has 2 aromatic heterocycles. The van der Waals surface area contributed by atoms with Gasteiger partial charge in [0.2, 0.25) is 4.96 Å². The first-order chi connectivity index (χ1) is 13.5. The number of hydrogen-bond acceptors (Lipinski definition) is 4. The second kappa shape index (κ2) is 7.43. The van der Waals surface area contributed by atoms with Crippen LogP contribution in [0.5, 0.6) is 0 Å². The summed E-state index contributed by atoms with van der Waals surface area (Å²) < 4.78 is 42.0. The number of rotatable bonds is 5. The molecule has 0 atom stereocenters. The van der Waals surface area contributed by atoms with Crippen LogP contribution in [0.25, 0.3) is 16.3 Å². The number of benzene rings is 2. The Morgan fingerprint density at radius 3 is 2.50 bits per heavy atom. The van der Waals surface area contributed by atoms with Crippen LogP contribution in [0, 0.1) is 17.5 Å². The molecular formula is C19H13F3N4OS. The van der Waals surface area contributed by atoms with E-state index in [1.54, 1.807) is 16.6 Å². The van der Waals surface area contributed by atoms with E-state index < -0.39 is 23.1 Å². The molecule has 28 heavy (non-hydrogen) atoms. The summed E-state index contributed by atoms with van der Waals surface area (Å²) in [5.74, 6) is -2.50. The molecular weight excluding hydrogens is 389 g/mol. The first kappa shape index (κ1) is 18.2. The Morgan fingerprint density at radius 2 is 1.79 bits per heavy atom. The molecule has 0 fully saturated rings. The van der Waals surface area contributed by atoms with Crippen LogP contribution in [-0.2, 0) is 6.42 Å². The van der Waals surface area contributed by atoms with Crippen LogP contribution in [0.2, 0.25) is 0 Å². The number of nitrogens with zero attached hydrogens (tertiary/aromatic N) is 3. The zero-order valence-corrected chi connectivity index (χ0v) is 15.1. The first-order valence-corrected chi connectivity index (χ1v) is 9.22. The van der Waals surface area contributed by atoms with Crippen molar-refractivity contribution in [1.29, 1.82) is 0 Å². The first-order valence-electron chi connectivity index (χ1n) is 8.34. The van der Waals surface area contributed by atoms with Crippen molar-refractivity contribution in [2.24, 2.45) is 0 Å². The van der Waals surface area contributed by atoms with E-state index in [2.05, 4.69) is 15.4 Å². The molecule has 0 radical (unpaired) electrons. The summed E-state index contributed by atoms with van der Waals surface area (Å²) in [4.78, 5) is 17.1. The summed E-state index contributed by atoms with van der Waals surface area (Å²) in [6.07, 6.45) is 0.397. The van der Waals surface area contributed by atoms with E-state index in [1.807, 2.05) is 5.38 Å². The van der Waals surface area contributed by atoms with Gasteiger partial charge >= 0.3 is 0 Å². The van der Waals surface area contributed by atoms with Crippen LogP contribution in [-0.4, -0.2) is 27.0 Å². The molecule has 142 valence electrons. The molecule has 0 aliphatic heterocycles. The van der Waals surface area contributed by atoms with Crippen molar-refractivity contribution >= 4 is 22.2 Å². The van der Waals surface area contributed by atoms with E-state index >= 15 is 0 Å². The zero-order valence-electron chi connectivity index (χ0n) is 14.3. The topological polar surface area (TPSA) is 59.3 Å². The largest absolute Gasteiger partial charge is 0.351 e. The Kier molecular flexibility index (Phi) is 4.82. The minimum Gasteiger partial charge on any atom is -0.351 e. The lowest BCUT2D eigenvalue weighted by Gasteiger charge is -2.06. The summed E-state index contributed by atoms with van der Waals surface area (Å²) in [6.45, 7) is 0.171. The molecule has 9 heteroatoms. The predicted molar refractivity (Wildman–Crippen MR) is 98.7 cm³/mol. The van der Waals surface area contributed by atoms with Crippen LogP contribution in [0.15, 0.2) is 47.8 Å². The number of carbonyl (C=O) groups excluding carboxylic acids is 1. The van der Waals surface area contributed by atoms with Gasteiger partial charge < -0.3 is 5.32 Å². The van der Waals surface area contributed by atoms with E-state index in [-0.39, 0.29) is 12.4 Å². The van der Waals surface area contributed by atoms with E-state index in [0.29, 0.717) is 22.8 Å². The maximum absolute atomic E-state index is 13.7. The second-order valence-corrected chi connectivity index (χ2v) is 6.80. The molecule has 1 N–H and O–H groups in total. The normalized spacial score (nSPS) is 11.1. The molecule has 4 aromatic rings. The minimum absolute atomic E-state index is 0.171. The van der Waals surface area contributed by atoms with Crippen LogP contribution in [0.1, 0.15) is 16.1 Å². The minimum atomic E-state index is -0.907. The third-order valence-corrected chi connectivity index (χ3v) is 4.97. The fraction of sp³-hybridized carbons (Fsp3) is 0.105. The van der Waals surface area contributed by atoms with Crippen molar-refractivity contribution in [2.75, 3.05) is 6.54 Å². The Bertz CT molecular complexity index is 1130. The lowest BCUT2D eigenvalue weighted by molar-refractivity contribution is 0.0945.